The Morgan fingerprint density at radius 1 is 0.750 bits per heavy atom. The first-order valence-corrected chi connectivity index (χ1v) is 7.54. The van der Waals surface area contributed by atoms with Gasteiger partial charge in [0.1, 0.15) is 0 Å². The molecule has 0 nitrogen and oxygen atoms in total. The minimum atomic E-state index is 0. The molecular weight excluding hydrogens is 399 g/mol. The molecular formula is C18H17FeI. The summed E-state index contributed by atoms with van der Waals surface area (Å²) in [6.45, 7) is 0. The number of benzene rings is 1. The molecule has 0 saturated heterocycles. The van der Waals surface area contributed by atoms with Gasteiger partial charge in [-0.05, 0) is 18.4 Å². The SMILES string of the molecule is Ic1ccc[cH-]1.[Fe+2].c1ccc(CCc2ccc[cH-]2)cc1. The van der Waals surface area contributed by atoms with Crippen molar-refractivity contribution >= 4 is 22.6 Å². The van der Waals surface area contributed by atoms with E-state index in [4.69, 9.17) is 0 Å². The van der Waals surface area contributed by atoms with Gasteiger partial charge in [-0.25, -0.2) is 24.3 Å². The summed E-state index contributed by atoms with van der Waals surface area (Å²) in [7, 11) is 0. The summed E-state index contributed by atoms with van der Waals surface area (Å²) in [5.74, 6) is 0. The zero-order valence-corrected chi connectivity index (χ0v) is 14.4. The van der Waals surface area contributed by atoms with Gasteiger partial charge in [-0.15, -0.1) is 3.57 Å². The second-order valence-electron chi connectivity index (χ2n) is 4.38. The van der Waals surface area contributed by atoms with E-state index >= 15 is 0 Å². The topological polar surface area (TPSA) is 0 Å². The molecule has 20 heavy (non-hydrogen) atoms. The van der Waals surface area contributed by atoms with Gasteiger partial charge in [0, 0.05) is 0 Å². The van der Waals surface area contributed by atoms with E-state index in [0.29, 0.717) is 0 Å². The maximum atomic E-state index is 2.28. The second kappa shape index (κ2) is 9.98. The molecule has 0 aromatic heterocycles. The monoisotopic (exact) mass is 416 g/mol. The van der Waals surface area contributed by atoms with Crippen LogP contribution in [0.25, 0.3) is 0 Å². The van der Waals surface area contributed by atoms with Crippen LogP contribution in [0.5, 0.6) is 0 Å². The van der Waals surface area contributed by atoms with Crippen LogP contribution in [0.1, 0.15) is 11.1 Å². The first-order chi connectivity index (χ1) is 9.34. The van der Waals surface area contributed by atoms with E-state index in [1.807, 2.05) is 12.1 Å². The standard InChI is InChI=1S/C13H13.C5H4I.Fe/c1-2-6-12(7-3-1)10-11-13-8-4-5-9-13;6-5-3-1-2-4-5;/h1-9H,10-11H2;1-4H;/q2*-1;+2. The summed E-state index contributed by atoms with van der Waals surface area (Å²) in [6, 6.07) is 27.4. The second-order valence-corrected chi connectivity index (χ2v) is 5.63. The summed E-state index contributed by atoms with van der Waals surface area (Å²) in [6.07, 6.45) is 2.29. The first-order valence-electron chi connectivity index (χ1n) is 6.46. The van der Waals surface area contributed by atoms with Crippen molar-refractivity contribution in [1.82, 2.24) is 0 Å². The molecule has 0 amide bonds. The van der Waals surface area contributed by atoms with E-state index in [2.05, 4.69) is 89.3 Å². The Morgan fingerprint density at radius 2 is 1.45 bits per heavy atom. The molecule has 0 radical (unpaired) electrons. The van der Waals surface area contributed by atoms with E-state index in [9.17, 15) is 0 Å². The van der Waals surface area contributed by atoms with E-state index in [0.717, 1.165) is 12.8 Å². The minimum absolute atomic E-state index is 0. The minimum Gasteiger partial charge on any atom is -0.213 e. The van der Waals surface area contributed by atoms with Crippen molar-refractivity contribution < 1.29 is 17.1 Å². The molecule has 3 rings (SSSR count). The van der Waals surface area contributed by atoms with Crippen molar-refractivity contribution in [2.45, 2.75) is 12.8 Å². The van der Waals surface area contributed by atoms with Gasteiger partial charge in [0.25, 0.3) is 0 Å². The van der Waals surface area contributed by atoms with E-state index in [1.165, 1.54) is 14.7 Å². The molecule has 0 saturated carbocycles. The Morgan fingerprint density at radius 3 is 1.95 bits per heavy atom. The fraction of sp³-hybridized carbons (Fsp3) is 0.111. The normalized spacial score (nSPS) is 9.25. The summed E-state index contributed by atoms with van der Waals surface area (Å²) in [5, 5.41) is 0. The van der Waals surface area contributed by atoms with Crippen LogP contribution in [0.15, 0.2) is 78.9 Å². The Kier molecular flexibility index (Phi) is 8.59. The molecule has 3 aromatic rings. The van der Waals surface area contributed by atoms with Crippen molar-refractivity contribution in [2.75, 3.05) is 0 Å². The molecule has 104 valence electrons. The molecule has 0 bridgehead atoms. The summed E-state index contributed by atoms with van der Waals surface area (Å²) in [5.41, 5.74) is 2.85. The zero-order chi connectivity index (χ0) is 13.3. The predicted molar refractivity (Wildman–Crippen MR) is 90.6 cm³/mol. The number of hydrogen-bond donors (Lipinski definition) is 0. The third kappa shape index (κ3) is 6.55. The number of rotatable bonds is 3. The molecule has 2 heteroatoms. The fourth-order valence-corrected chi connectivity index (χ4v) is 2.28. The average Bonchev–Trinajstić information content (AvgIpc) is 3.11. The van der Waals surface area contributed by atoms with Gasteiger partial charge in [0.2, 0.25) is 0 Å². The van der Waals surface area contributed by atoms with Crippen molar-refractivity contribution in [3.8, 4) is 0 Å². The van der Waals surface area contributed by atoms with Crippen LogP contribution in [0.2, 0.25) is 0 Å². The van der Waals surface area contributed by atoms with Crippen molar-refractivity contribution in [1.29, 1.82) is 0 Å². The van der Waals surface area contributed by atoms with Gasteiger partial charge in [-0.2, -0.15) is 29.8 Å². The molecule has 0 aliphatic carbocycles. The van der Waals surface area contributed by atoms with Crippen molar-refractivity contribution in [2.24, 2.45) is 0 Å². The molecule has 0 atom stereocenters. The molecule has 0 unspecified atom stereocenters. The largest absolute Gasteiger partial charge is 2.00 e. The van der Waals surface area contributed by atoms with Crippen molar-refractivity contribution in [3.05, 3.63) is 93.6 Å². The maximum absolute atomic E-state index is 2.28. The zero-order valence-electron chi connectivity index (χ0n) is 11.2. The molecule has 0 fully saturated rings. The molecule has 3 aromatic carbocycles. The van der Waals surface area contributed by atoms with Crippen LogP contribution >= 0.6 is 22.6 Å². The summed E-state index contributed by atoms with van der Waals surface area (Å²) >= 11 is 2.28. The van der Waals surface area contributed by atoms with Crippen LogP contribution in [0.3, 0.4) is 0 Å². The van der Waals surface area contributed by atoms with Gasteiger partial charge in [-0.3, -0.25) is 0 Å². The summed E-state index contributed by atoms with van der Waals surface area (Å²) < 4.78 is 1.31. The molecule has 0 heterocycles. The Labute approximate surface area is 145 Å². The van der Waals surface area contributed by atoms with E-state index < -0.39 is 0 Å². The smallest absolute Gasteiger partial charge is 0.213 e. The molecule has 0 aliphatic heterocycles. The Balaban J connectivity index is 0.000000243. The van der Waals surface area contributed by atoms with Crippen LogP contribution in [-0.4, -0.2) is 0 Å². The Hall–Kier alpha value is -0.831. The van der Waals surface area contributed by atoms with Crippen LogP contribution in [0, 0.1) is 3.57 Å². The maximum Gasteiger partial charge on any atom is 2.00 e. The Bertz CT molecular complexity index is 538. The number of hydrogen-bond acceptors (Lipinski definition) is 0. The third-order valence-electron chi connectivity index (χ3n) is 2.90. The van der Waals surface area contributed by atoms with Gasteiger partial charge >= 0.3 is 17.1 Å². The van der Waals surface area contributed by atoms with Crippen molar-refractivity contribution in [3.63, 3.8) is 0 Å². The van der Waals surface area contributed by atoms with E-state index in [-0.39, 0.29) is 17.1 Å². The molecule has 0 N–H and O–H groups in total. The quantitative estimate of drug-likeness (QED) is 0.313. The third-order valence-corrected chi connectivity index (χ3v) is 3.62. The predicted octanol–water partition coefficient (Wildman–Crippen LogP) is 5.20. The van der Waals surface area contributed by atoms with Gasteiger partial charge in [-0.1, -0.05) is 52.9 Å². The van der Waals surface area contributed by atoms with Gasteiger partial charge in [0.05, 0.1) is 0 Å². The number of halogens is 1. The fourth-order valence-electron chi connectivity index (χ4n) is 1.86. The molecule has 0 spiro atoms. The van der Waals surface area contributed by atoms with Crippen LogP contribution in [0.4, 0.5) is 0 Å². The average molecular weight is 416 g/mol. The molecule has 0 aliphatic rings. The summed E-state index contributed by atoms with van der Waals surface area (Å²) in [4.78, 5) is 0. The van der Waals surface area contributed by atoms with Gasteiger partial charge in [0.15, 0.2) is 0 Å². The first kappa shape index (κ1) is 17.2. The van der Waals surface area contributed by atoms with E-state index in [1.54, 1.807) is 0 Å². The number of aryl methyl sites for hydroxylation is 2. The van der Waals surface area contributed by atoms with Crippen LogP contribution in [-0.2, 0) is 29.9 Å². The van der Waals surface area contributed by atoms with Gasteiger partial charge < -0.3 is 0 Å². The van der Waals surface area contributed by atoms with Crippen LogP contribution < -0.4 is 0 Å².